The van der Waals surface area contributed by atoms with Gasteiger partial charge in [-0.3, -0.25) is 0 Å². The van der Waals surface area contributed by atoms with Gasteiger partial charge in [-0.2, -0.15) is 0 Å². The molecule has 0 spiro atoms. The molecule has 0 unspecified atom stereocenters. The van der Waals surface area contributed by atoms with Gasteiger partial charge in [0.15, 0.2) is 0 Å². The van der Waals surface area contributed by atoms with Crippen molar-refractivity contribution in [2.24, 2.45) is 0 Å². The summed E-state index contributed by atoms with van der Waals surface area (Å²) in [6, 6.07) is 97.5. The molecule has 0 aliphatic heterocycles. The van der Waals surface area contributed by atoms with Crippen molar-refractivity contribution in [3.63, 3.8) is 0 Å². The Balaban J connectivity index is 0.904. The van der Waals surface area contributed by atoms with Crippen molar-refractivity contribution in [2.75, 3.05) is 4.90 Å². The largest absolute Gasteiger partial charge is 0.311 e. The van der Waals surface area contributed by atoms with Gasteiger partial charge in [-0.1, -0.05) is 393 Å². The van der Waals surface area contributed by atoms with E-state index in [-0.39, 0.29) is 16.2 Å². The molecule has 14 aromatic rings. The molecule has 0 fully saturated rings. The molecule has 0 atom stereocenters. The number of rotatable bonds is 46. The van der Waals surface area contributed by atoms with Gasteiger partial charge in [0.05, 0.1) is 22.1 Å². The summed E-state index contributed by atoms with van der Waals surface area (Å²) in [6.45, 7) is 25.7. The maximum Gasteiger partial charge on any atom is 0.0547 e. The third-order valence-electron chi connectivity index (χ3n) is 29.8. The molecule has 127 heavy (non-hydrogen) atoms. The minimum atomic E-state index is -0.188. The predicted molar refractivity (Wildman–Crippen MR) is 554 cm³/mol. The molecule has 0 saturated heterocycles. The lowest BCUT2D eigenvalue weighted by atomic mass is 9.70. The number of nitrogens with zero attached hydrogens (tertiary/aromatic N) is 3. The number of anilines is 3. The normalized spacial score (nSPS) is 13.2. The molecule has 2 aliphatic carbocycles. The van der Waals surface area contributed by atoms with E-state index < -0.39 is 0 Å². The van der Waals surface area contributed by atoms with E-state index >= 15 is 0 Å². The Morgan fingerprint density at radius 2 is 0.630 bits per heavy atom. The van der Waals surface area contributed by atoms with Crippen molar-refractivity contribution in [2.45, 2.75) is 336 Å². The van der Waals surface area contributed by atoms with Gasteiger partial charge in [0.2, 0.25) is 0 Å². The average molecular weight is 1680 g/mol. The quantitative estimate of drug-likeness (QED) is 0.0347. The summed E-state index contributed by atoms with van der Waals surface area (Å²) < 4.78 is 5.44. The molecule has 16 rings (SSSR count). The van der Waals surface area contributed by atoms with Crippen LogP contribution < -0.4 is 4.90 Å². The van der Waals surface area contributed by atoms with Crippen LogP contribution in [0.4, 0.5) is 17.1 Å². The van der Waals surface area contributed by atoms with Crippen LogP contribution in [0.5, 0.6) is 0 Å². The second-order valence-corrected chi connectivity index (χ2v) is 40.0. The monoisotopic (exact) mass is 1680 g/mol. The lowest BCUT2D eigenvalue weighted by molar-refractivity contribution is 0.398. The molecular formula is C124H149N3. The van der Waals surface area contributed by atoms with Crippen LogP contribution in [0.15, 0.2) is 243 Å². The minimum absolute atomic E-state index is 0.0417. The van der Waals surface area contributed by atoms with Gasteiger partial charge in [0, 0.05) is 60.8 Å². The first-order valence-electron chi connectivity index (χ1n) is 51.1. The molecule has 0 amide bonds. The fourth-order valence-corrected chi connectivity index (χ4v) is 22.7. The highest BCUT2D eigenvalue weighted by atomic mass is 15.1. The van der Waals surface area contributed by atoms with Crippen molar-refractivity contribution in [3.8, 4) is 67.0 Å². The van der Waals surface area contributed by atoms with Gasteiger partial charge in [-0.05, 0) is 280 Å². The topological polar surface area (TPSA) is 13.1 Å². The lowest BCUT2D eigenvalue weighted by Crippen LogP contribution is -2.25. The summed E-state index contributed by atoms with van der Waals surface area (Å²) in [7, 11) is 0. The van der Waals surface area contributed by atoms with E-state index in [1.807, 2.05) is 0 Å². The summed E-state index contributed by atoms with van der Waals surface area (Å²) in [5, 5.41) is 5.45. The fourth-order valence-electron chi connectivity index (χ4n) is 22.7. The molecule has 660 valence electrons. The van der Waals surface area contributed by atoms with Crippen LogP contribution in [0, 0.1) is 13.8 Å². The summed E-state index contributed by atoms with van der Waals surface area (Å²) in [5.74, 6) is 0. The molecule has 0 N–H and O–H groups in total. The minimum Gasteiger partial charge on any atom is -0.311 e. The number of fused-ring (bicyclic) bond motifs is 12. The van der Waals surface area contributed by atoms with E-state index in [4.69, 9.17) is 0 Å². The molecule has 2 aliphatic rings. The summed E-state index contributed by atoms with van der Waals surface area (Å²) >= 11 is 0. The standard InChI is InChI=1S/C124H149N3/c1-12-18-24-30-34-46-76-123(77-47-35-31-25-19-13-2)113-80-91(8)58-72-104(113)108-89-121-112(87-115(108)123)110-82-95(93-52-44-39-45-53-93)61-75-118(110)127(121)119-85-96(54-40-28-22-16-5)106(83-98(119)55-41-29-23-17-6)97-59-73-105-107-88-120-111(86-116(107)124(114(105)84-97,78-48-36-32-26-20-14-3)79-49-37-33-27-21-15-4)109-81-94(92-50-42-38-43-51-92)60-74-117(109)126(120)103-70-68-102(69-71-103)125(100-64-56-90(7)57-65-100)101-66-62-99(63-67-101)122(9,10)11/h38-39,42-45,50-53,56-75,80-89H,12-37,40-41,46-49,54-55,76-79H2,1-11H3. The number of benzene rings is 12. The van der Waals surface area contributed by atoms with Gasteiger partial charge >= 0.3 is 0 Å². The Morgan fingerprint density at radius 3 is 1.09 bits per heavy atom. The molecule has 2 heterocycles. The van der Waals surface area contributed by atoms with E-state index in [2.05, 4.69) is 333 Å². The number of hydrogen-bond acceptors (Lipinski definition) is 1. The first-order chi connectivity index (χ1) is 62.2. The molecule has 0 radical (unpaired) electrons. The van der Waals surface area contributed by atoms with E-state index in [1.165, 1.54) is 344 Å². The summed E-state index contributed by atoms with van der Waals surface area (Å²) in [5.41, 5.74) is 38.0. The van der Waals surface area contributed by atoms with Gasteiger partial charge in [0.25, 0.3) is 0 Å². The number of unbranched alkanes of at least 4 members (excludes halogenated alkanes) is 26. The third-order valence-corrected chi connectivity index (χ3v) is 29.8. The van der Waals surface area contributed by atoms with Crippen LogP contribution in [-0.2, 0) is 29.1 Å². The number of aryl methyl sites for hydroxylation is 4. The SMILES string of the molecule is CCCCCCCCC1(CCCCCCCC)c2cc(-c3cc(CCCCCC)c(-n4c5ccc(-c6ccccc6)cc5c5cc6c(cc54)-c4ccc(C)cc4C6(CCCCCCCC)CCCCCCCC)cc3CCCCCC)ccc2-c2cc3c(cc21)c1cc(-c2ccccc2)ccc1n3-c1ccc(N(c2ccc(C)cc2)c2ccc(C(C)(C)C)cc2)cc1. The van der Waals surface area contributed by atoms with Gasteiger partial charge in [-0.25, -0.2) is 0 Å². The van der Waals surface area contributed by atoms with Crippen LogP contribution in [0.2, 0.25) is 0 Å². The molecule has 3 nitrogen and oxygen atoms in total. The predicted octanol–water partition coefficient (Wildman–Crippen LogP) is 38.0. The van der Waals surface area contributed by atoms with Crippen LogP contribution in [0.3, 0.4) is 0 Å². The highest BCUT2D eigenvalue weighted by Crippen LogP contribution is 2.60. The zero-order valence-corrected chi connectivity index (χ0v) is 79.8. The van der Waals surface area contributed by atoms with Crippen LogP contribution in [0.1, 0.15) is 344 Å². The molecular weight excluding hydrogens is 1530 g/mol. The zero-order valence-electron chi connectivity index (χ0n) is 79.8. The Kier molecular flexibility index (Phi) is 29.9. The Morgan fingerprint density at radius 1 is 0.260 bits per heavy atom. The van der Waals surface area contributed by atoms with Gasteiger partial charge in [-0.15, -0.1) is 0 Å². The van der Waals surface area contributed by atoms with Gasteiger partial charge in [0.1, 0.15) is 0 Å². The van der Waals surface area contributed by atoms with Crippen molar-refractivity contribution >= 4 is 60.7 Å². The summed E-state index contributed by atoms with van der Waals surface area (Å²) in [6.07, 6.45) is 47.5. The molecule has 0 bridgehead atoms. The Hall–Kier alpha value is -9.96. The number of aromatic nitrogens is 2. The smallest absolute Gasteiger partial charge is 0.0547 e. The Labute approximate surface area is 765 Å². The first kappa shape index (κ1) is 90.4. The van der Waals surface area contributed by atoms with Crippen molar-refractivity contribution in [1.29, 1.82) is 0 Å². The maximum atomic E-state index is 2.82. The van der Waals surface area contributed by atoms with E-state index in [1.54, 1.807) is 22.3 Å². The Bertz CT molecular complexity index is 5940. The molecule has 2 aromatic heterocycles. The highest BCUT2D eigenvalue weighted by molar-refractivity contribution is 6.14. The van der Waals surface area contributed by atoms with E-state index in [0.29, 0.717) is 0 Å². The van der Waals surface area contributed by atoms with Crippen LogP contribution in [-0.4, -0.2) is 9.13 Å². The molecule has 0 saturated carbocycles. The van der Waals surface area contributed by atoms with E-state index in [0.717, 1.165) is 55.6 Å². The second kappa shape index (κ2) is 42.1. The van der Waals surface area contributed by atoms with Crippen molar-refractivity contribution < 1.29 is 0 Å². The highest BCUT2D eigenvalue weighted by Gasteiger charge is 2.45. The average Bonchev–Trinajstić information content (AvgIpc) is 1.54. The van der Waals surface area contributed by atoms with Gasteiger partial charge < -0.3 is 14.0 Å². The molecule has 3 heteroatoms. The summed E-state index contributed by atoms with van der Waals surface area (Å²) in [4.78, 5) is 2.44. The number of hydrogen-bond donors (Lipinski definition) is 0. The lowest BCUT2D eigenvalue weighted by Gasteiger charge is -2.33. The first-order valence-corrected chi connectivity index (χ1v) is 51.1. The van der Waals surface area contributed by atoms with Crippen molar-refractivity contribution in [3.05, 3.63) is 293 Å². The molecule has 12 aromatic carbocycles. The van der Waals surface area contributed by atoms with Crippen LogP contribution >= 0.6 is 0 Å². The maximum absolute atomic E-state index is 2.82. The zero-order chi connectivity index (χ0) is 87.9. The van der Waals surface area contributed by atoms with Crippen LogP contribution in [0.25, 0.3) is 111 Å². The van der Waals surface area contributed by atoms with Crippen molar-refractivity contribution in [1.82, 2.24) is 9.13 Å². The van der Waals surface area contributed by atoms with E-state index in [9.17, 15) is 0 Å². The second-order valence-electron chi connectivity index (χ2n) is 40.0. The fraction of sp³-hybridized carbons (Fsp3) is 0.419. The third kappa shape index (κ3) is 19.5.